The second-order valence-electron chi connectivity index (χ2n) is 7.86. The van der Waals surface area contributed by atoms with E-state index in [1.54, 1.807) is 0 Å². The summed E-state index contributed by atoms with van der Waals surface area (Å²) in [6.45, 7) is 7.69. The first-order valence-electron chi connectivity index (χ1n) is 10.0. The molecule has 8 heteroatoms. The quantitative estimate of drug-likeness (QED) is 0.697. The van der Waals surface area contributed by atoms with Crippen molar-refractivity contribution in [1.82, 2.24) is 9.80 Å². The lowest BCUT2D eigenvalue weighted by Gasteiger charge is -2.39. The van der Waals surface area contributed by atoms with Crippen LogP contribution in [0.3, 0.4) is 0 Å². The molecule has 2 aliphatic rings. The lowest BCUT2D eigenvalue weighted by atomic mass is 10.1. The minimum atomic E-state index is -3.02. The van der Waals surface area contributed by atoms with Crippen LogP contribution in [0.2, 0.25) is 5.02 Å². The van der Waals surface area contributed by atoms with E-state index >= 15 is 0 Å². The Labute approximate surface area is 173 Å². The van der Waals surface area contributed by atoms with Crippen LogP contribution in [0.15, 0.2) is 24.3 Å². The summed E-state index contributed by atoms with van der Waals surface area (Å²) in [7, 11) is -3.02. The fourth-order valence-electron chi connectivity index (χ4n) is 4.11. The van der Waals surface area contributed by atoms with E-state index in [1.165, 1.54) is 0 Å². The van der Waals surface area contributed by atoms with Gasteiger partial charge in [-0.25, -0.2) is 8.42 Å². The van der Waals surface area contributed by atoms with Crippen molar-refractivity contribution in [1.29, 1.82) is 0 Å². The fourth-order valence-corrected chi connectivity index (χ4v) is 6.01. The normalized spacial score (nSPS) is 23.5. The number of piperazine rings is 1. The summed E-state index contributed by atoms with van der Waals surface area (Å²) in [5, 5.41) is 0.728. The first-order valence-corrected chi connectivity index (χ1v) is 12.2. The summed E-state index contributed by atoms with van der Waals surface area (Å²) < 4.78 is 23.8. The van der Waals surface area contributed by atoms with Gasteiger partial charge >= 0.3 is 0 Å². The minimum Gasteiger partial charge on any atom is -0.369 e. The Balaban J connectivity index is 1.58. The van der Waals surface area contributed by atoms with E-state index in [9.17, 15) is 13.2 Å². The van der Waals surface area contributed by atoms with Crippen molar-refractivity contribution in [3.63, 3.8) is 0 Å². The number of hydrogen-bond acceptors (Lipinski definition) is 5. The molecule has 1 aromatic carbocycles. The number of carbonyl (C=O) groups is 1. The highest BCUT2D eigenvalue weighted by atomic mass is 35.5. The van der Waals surface area contributed by atoms with Crippen LogP contribution in [0.1, 0.15) is 26.7 Å². The third-order valence-electron chi connectivity index (χ3n) is 5.86. The van der Waals surface area contributed by atoms with E-state index in [0.29, 0.717) is 13.0 Å². The molecule has 2 heterocycles. The van der Waals surface area contributed by atoms with Gasteiger partial charge < -0.3 is 9.80 Å². The smallest absolute Gasteiger partial charge is 0.237 e. The first-order chi connectivity index (χ1) is 13.3. The molecule has 0 aliphatic carbocycles. The third kappa shape index (κ3) is 5.19. The Kier molecular flexibility index (Phi) is 6.89. The van der Waals surface area contributed by atoms with Gasteiger partial charge in [0, 0.05) is 49.0 Å². The molecule has 0 aromatic heterocycles. The largest absolute Gasteiger partial charge is 0.369 e. The zero-order chi connectivity index (χ0) is 20.3. The van der Waals surface area contributed by atoms with Crippen LogP contribution in [0.4, 0.5) is 5.69 Å². The Bertz CT molecular complexity index is 794. The van der Waals surface area contributed by atoms with Gasteiger partial charge in [-0.3, -0.25) is 9.69 Å². The molecule has 6 nitrogen and oxygen atoms in total. The lowest BCUT2D eigenvalue weighted by Crippen LogP contribution is -2.53. The molecule has 156 valence electrons. The zero-order valence-corrected chi connectivity index (χ0v) is 18.3. The number of sulfone groups is 1. The summed E-state index contributed by atoms with van der Waals surface area (Å²) in [5.41, 5.74) is 1.11. The Morgan fingerprint density at radius 1 is 1.29 bits per heavy atom. The highest BCUT2D eigenvalue weighted by molar-refractivity contribution is 7.91. The van der Waals surface area contributed by atoms with Crippen LogP contribution < -0.4 is 4.90 Å². The van der Waals surface area contributed by atoms with Crippen molar-refractivity contribution in [2.45, 2.75) is 38.8 Å². The molecular weight excluding hydrogens is 398 g/mol. The van der Waals surface area contributed by atoms with Crippen LogP contribution in [-0.2, 0) is 14.6 Å². The van der Waals surface area contributed by atoms with Crippen LogP contribution in [0.25, 0.3) is 0 Å². The molecule has 0 saturated carbocycles. The number of carbonyl (C=O) groups excluding carboxylic acids is 1. The van der Waals surface area contributed by atoms with Crippen LogP contribution in [0, 0.1) is 0 Å². The maximum absolute atomic E-state index is 13.1. The minimum absolute atomic E-state index is 0.0488. The molecule has 2 saturated heterocycles. The highest BCUT2D eigenvalue weighted by Crippen LogP contribution is 2.23. The van der Waals surface area contributed by atoms with Gasteiger partial charge in [0.15, 0.2) is 9.84 Å². The molecule has 3 rings (SSSR count). The highest BCUT2D eigenvalue weighted by Gasteiger charge is 2.37. The summed E-state index contributed by atoms with van der Waals surface area (Å²) in [6, 6.07) is 7.71. The zero-order valence-electron chi connectivity index (χ0n) is 16.7. The van der Waals surface area contributed by atoms with E-state index in [-0.39, 0.29) is 29.5 Å². The predicted octanol–water partition coefficient (Wildman–Crippen LogP) is 2.28. The Morgan fingerprint density at radius 2 is 2.00 bits per heavy atom. The molecule has 0 unspecified atom stereocenters. The molecule has 1 aromatic rings. The van der Waals surface area contributed by atoms with Gasteiger partial charge in [0.1, 0.15) is 0 Å². The fraction of sp³-hybridized carbons (Fsp3) is 0.650. The Hall–Kier alpha value is -1.31. The average Bonchev–Trinajstić information content (AvgIpc) is 3.01. The average molecular weight is 428 g/mol. The van der Waals surface area contributed by atoms with E-state index in [2.05, 4.69) is 15.9 Å². The molecule has 0 N–H and O–H groups in total. The number of benzene rings is 1. The topological polar surface area (TPSA) is 60.9 Å². The van der Waals surface area contributed by atoms with E-state index in [4.69, 9.17) is 11.6 Å². The van der Waals surface area contributed by atoms with Crippen LogP contribution in [-0.4, -0.2) is 80.4 Å². The SMILES string of the molecule is CC[C@H](C)N(C(=O)CN1CCN(c2cccc(Cl)c2)CC1)[C@@H]1CCS(=O)(=O)C1. The first kappa shape index (κ1) is 21.4. The van der Waals surface area contributed by atoms with Gasteiger partial charge in [-0.2, -0.15) is 0 Å². The molecule has 1 amide bonds. The molecular formula is C20H30ClN3O3S. The second-order valence-corrected chi connectivity index (χ2v) is 10.5. The second kappa shape index (κ2) is 9.01. The molecule has 2 fully saturated rings. The lowest BCUT2D eigenvalue weighted by molar-refractivity contribution is -0.136. The van der Waals surface area contributed by atoms with Gasteiger partial charge in [-0.1, -0.05) is 24.6 Å². The standard InChI is InChI=1S/C20H30ClN3O3S/c1-3-16(2)24(19-7-12-28(26,27)15-19)20(25)14-22-8-10-23(11-9-22)18-6-4-5-17(21)13-18/h4-6,13,16,19H,3,7-12,14-15H2,1-2H3/t16-,19+/m0/s1. The van der Waals surface area contributed by atoms with Crippen molar-refractivity contribution in [3.8, 4) is 0 Å². The van der Waals surface area contributed by atoms with Crippen molar-refractivity contribution in [2.75, 3.05) is 49.1 Å². The number of halogens is 1. The Morgan fingerprint density at radius 3 is 2.57 bits per heavy atom. The monoisotopic (exact) mass is 427 g/mol. The van der Waals surface area contributed by atoms with Crippen LogP contribution >= 0.6 is 11.6 Å². The molecule has 0 radical (unpaired) electrons. The predicted molar refractivity (Wildman–Crippen MR) is 114 cm³/mol. The summed E-state index contributed by atoms with van der Waals surface area (Å²) in [5.74, 6) is 0.342. The number of nitrogens with zero attached hydrogens (tertiary/aromatic N) is 3. The maximum Gasteiger partial charge on any atom is 0.237 e. The van der Waals surface area contributed by atoms with Crippen molar-refractivity contribution in [3.05, 3.63) is 29.3 Å². The molecule has 28 heavy (non-hydrogen) atoms. The molecule has 2 atom stereocenters. The number of anilines is 1. The van der Waals surface area contributed by atoms with Gasteiger partial charge in [-0.05, 0) is 38.0 Å². The van der Waals surface area contributed by atoms with Gasteiger partial charge in [0.25, 0.3) is 0 Å². The number of rotatable bonds is 6. The van der Waals surface area contributed by atoms with Crippen molar-refractivity contribution in [2.24, 2.45) is 0 Å². The van der Waals surface area contributed by atoms with Crippen LogP contribution in [0.5, 0.6) is 0 Å². The maximum atomic E-state index is 13.1. The van der Waals surface area contributed by atoms with E-state index in [1.807, 2.05) is 36.9 Å². The van der Waals surface area contributed by atoms with E-state index < -0.39 is 9.84 Å². The number of hydrogen-bond donors (Lipinski definition) is 0. The van der Waals surface area contributed by atoms with Crippen molar-refractivity contribution >= 4 is 33.0 Å². The molecule has 0 bridgehead atoms. The summed E-state index contributed by atoms with van der Waals surface area (Å²) in [4.78, 5) is 19.4. The summed E-state index contributed by atoms with van der Waals surface area (Å²) >= 11 is 6.09. The summed E-state index contributed by atoms with van der Waals surface area (Å²) in [6.07, 6.45) is 1.38. The van der Waals surface area contributed by atoms with Gasteiger partial charge in [-0.15, -0.1) is 0 Å². The van der Waals surface area contributed by atoms with Crippen molar-refractivity contribution < 1.29 is 13.2 Å². The number of amides is 1. The van der Waals surface area contributed by atoms with Gasteiger partial charge in [0.2, 0.25) is 5.91 Å². The molecule has 2 aliphatic heterocycles. The third-order valence-corrected chi connectivity index (χ3v) is 7.85. The van der Waals surface area contributed by atoms with E-state index in [0.717, 1.165) is 43.3 Å². The van der Waals surface area contributed by atoms with Gasteiger partial charge in [0.05, 0.1) is 18.1 Å². The molecule has 0 spiro atoms.